The van der Waals surface area contributed by atoms with Crippen molar-refractivity contribution in [2.75, 3.05) is 7.05 Å². The summed E-state index contributed by atoms with van der Waals surface area (Å²) in [4.78, 5) is 23.7. The highest BCUT2D eigenvalue weighted by Gasteiger charge is 2.35. The van der Waals surface area contributed by atoms with Gasteiger partial charge < -0.3 is 4.90 Å². The first-order chi connectivity index (χ1) is 4.96. The van der Waals surface area contributed by atoms with Gasteiger partial charge in [-0.1, -0.05) is 0 Å². The van der Waals surface area contributed by atoms with Crippen LogP contribution in [0.5, 0.6) is 0 Å². The van der Waals surface area contributed by atoms with Crippen molar-refractivity contribution in [1.82, 2.24) is 4.90 Å². The molecule has 0 aromatic carbocycles. The quantitative estimate of drug-likeness (QED) is 0.504. The van der Waals surface area contributed by atoms with E-state index in [-0.39, 0.29) is 11.7 Å². The fourth-order valence-electron chi connectivity index (χ4n) is 0.903. The third-order valence-corrected chi connectivity index (χ3v) is 2.15. The predicted molar refractivity (Wildman–Crippen MR) is 41.0 cm³/mol. The summed E-state index contributed by atoms with van der Waals surface area (Å²) in [5.74, 6) is -0.144. The predicted octanol–water partition coefficient (Wildman–Crippen LogP) is 0.362. The van der Waals surface area contributed by atoms with Crippen molar-refractivity contribution in [3.63, 3.8) is 0 Å². The fraction of sp³-hybridized carbons (Fsp3) is 0.500. The van der Waals surface area contributed by atoms with E-state index in [1.54, 1.807) is 20.9 Å². The van der Waals surface area contributed by atoms with Gasteiger partial charge in [-0.05, 0) is 19.9 Å². The molecule has 0 aromatic rings. The number of carbonyl (C=O) groups is 2. The Morgan fingerprint density at radius 3 is 2.27 bits per heavy atom. The Balaban J connectivity index is 3.07. The molecule has 0 N–H and O–H groups in total. The summed E-state index contributed by atoms with van der Waals surface area (Å²) in [5, 5.41) is 0. The number of hydrogen-bond acceptors (Lipinski definition) is 2. The minimum atomic E-state index is -0.675. The summed E-state index contributed by atoms with van der Waals surface area (Å²) >= 11 is 0. The summed E-state index contributed by atoms with van der Waals surface area (Å²) in [7, 11) is 1.63. The second kappa shape index (κ2) is 2.19. The zero-order chi connectivity index (χ0) is 8.65. The van der Waals surface area contributed by atoms with Crippen molar-refractivity contribution in [2.24, 2.45) is 0 Å². The van der Waals surface area contributed by atoms with Crippen LogP contribution in [-0.2, 0) is 9.59 Å². The molecule has 0 unspecified atom stereocenters. The molecule has 1 aliphatic heterocycles. The van der Waals surface area contributed by atoms with E-state index < -0.39 is 5.54 Å². The summed E-state index contributed by atoms with van der Waals surface area (Å²) in [6.07, 6.45) is 2.63. The van der Waals surface area contributed by atoms with Crippen molar-refractivity contribution < 1.29 is 9.59 Å². The van der Waals surface area contributed by atoms with E-state index in [9.17, 15) is 9.59 Å². The van der Waals surface area contributed by atoms with E-state index in [2.05, 4.69) is 0 Å². The minimum Gasteiger partial charge on any atom is -0.330 e. The van der Waals surface area contributed by atoms with Crippen molar-refractivity contribution in [1.29, 1.82) is 0 Å². The second-order valence-corrected chi connectivity index (χ2v) is 3.15. The van der Waals surface area contributed by atoms with Gasteiger partial charge in [-0.3, -0.25) is 9.59 Å². The Bertz CT molecular complexity index is 240. The lowest BCUT2D eigenvalue weighted by Crippen LogP contribution is -2.52. The van der Waals surface area contributed by atoms with Gasteiger partial charge in [-0.15, -0.1) is 0 Å². The fourth-order valence-corrected chi connectivity index (χ4v) is 0.903. The summed E-state index contributed by atoms with van der Waals surface area (Å²) in [6.45, 7) is 3.47. The lowest BCUT2D eigenvalue weighted by Gasteiger charge is -2.34. The van der Waals surface area contributed by atoms with Crippen LogP contribution in [-0.4, -0.2) is 29.2 Å². The third kappa shape index (κ3) is 1.06. The molecule has 0 atom stereocenters. The van der Waals surface area contributed by atoms with Crippen molar-refractivity contribution in [3.05, 3.63) is 12.2 Å². The van der Waals surface area contributed by atoms with Gasteiger partial charge in [0.1, 0.15) is 0 Å². The van der Waals surface area contributed by atoms with E-state index in [1.165, 1.54) is 17.1 Å². The molecule has 1 aliphatic rings. The Labute approximate surface area is 65.7 Å². The highest BCUT2D eigenvalue weighted by atomic mass is 16.2. The largest absolute Gasteiger partial charge is 0.330 e. The van der Waals surface area contributed by atoms with Crippen LogP contribution in [0.3, 0.4) is 0 Å². The zero-order valence-corrected chi connectivity index (χ0v) is 6.92. The Hall–Kier alpha value is -1.12. The van der Waals surface area contributed by atoms with Crippen LogP contribution in [0.25, 0.3) is 0 Å². The summed E-state index contributed by atoms with van der Waals surface area (Å²) < 4.78 is 0. The minimum absolute atomic E-state index is 0.0281. The number of ketones is 1. The van der Waals surface area contributed by atoms with Gasteiger partial charge in [0, 0.05) is 13.1 Å². The lowest BCUT2D eigenvalue weighted by atomic mass is 9.94. The van der Waals surface area contributed by atoms with Crippen LogP contribution in [0.1, 0.15) is 13.8 Å². The highest BCUT2D eigenvalue weighted by molar-refractivity contribution is 6.08. The number of nitrogens with zero attached hydrogens (tertiary/aromatic N) is 1. The van der Waals surface area contributed by atoms with Crippen LogP contribution in [0, 0.1) is 0 Å². The molecule has 0 fully saturated rings. The maximum absolute atomic E-state index is 11.2. The van der Waals surface area contributed by atoms with E-state index in [0.29, 0.717) is 0 Å². The number of rotatable bonds is 0. The van der Waals surface area contributed by atoms with Gasteiger partial charge in [0.25, 0.3) is 0 Å². The molecule has 11 heavy (non-hydrogen) atoms. The first-order valence-electron chi connectivity index (χ1n) is 3.46. The van der Waals surface area contributed by atoms with Crippen molar-refractivity contribution >= 4 is 11.7 Å². The summed E-state index contributed by atoms with van der Waals surface area (Å²) in [5.41, 5.74) is -0.675. The van der Waals surface area contributed by atoms with E-state index in [0.717, 1.165) is 0 Å². The van der Waals surface area contributed by atoms with Gasteiger partial charge in [0.2, 0.25) is 5.91 Å². The number of likely N-dealkylation sites (N-methyl/N-ethyl adjacent to an activating group) is 1. The van der Waals surface area contributed by atoms with Gasteiger partial charge in [-0.25, -0.2) is 0 Å². The molecule has 0 spiro atoms. The van der Waals surface area contributed by atoms with Crippen LogP contribution in [0.4, 0.5) is 0 Å². The maximum Gasteiger partial charge on any atom is 0.247 e. The second-order valence-electron chi connectivity index (χ2n) is 3.15. The van der Waals surface area contributed by atoms with Gasteiger partial charge in [0.05, 0.1) is 5.54 Å². The molecule has 0 aliphatic carbocycles. The molecule has 0 radical (unpaired) electrons. The maximum atomic E-state index is 11.2. The molecule has 0 bridgehead atoms. The van der Waals surface area contributed by atoms with E-state index in [1.807, 2.05) is 0 Å². The summed E-state index contributed by atoms with van der Waals surface area (Å²) in [6, 6.07) is 0. The van der Waals surface area contributed by atoms with Gasteiger partial charge in [-0.2, -0.15) is 0 Å². The Kier molecular flexibility index (Phi) is 1.59. The lowest BCUT2D eigenvalue weighted by molar-refractivity contribution is -0.139. The normalized spacial score (nSPS) is 22.6. The Morgan fingerprint density at radius 2 is 1.82 bits per heavy atom. The topological polar surface area (TPSA) is 37.4 Å². The molecule has 3 nitrogen and oxygen atoms in total. The SMILES string of the molecule is CN1C(=O)C=CC(=O)C1(C)C. The highest BCUT2D eigenvalue weighted by Crippen LogP contribution is 2.18. The smallest absolute Gasteiger partial charge is 0.247 e. The molecule has 3 heteroatoms. The van der Waals surface area contributed by atoms with Gasteiger partial charge in [0.15, 0.2) is 5.78 Å². The molecule has 0 saturated heterocycles. The van der Waals surface area contributed by atoms with Crippen molar-refractivity contribution in [3.8, 4) is 0 Å². The number of amides is 1. The van der Waals surface area contributed by atoms with Crippen LogP contribution in [0.15, 0.2) is 12.2 Å². The molecule has 1 rings (SSSR count). The molecule has 1 heterocycles. The van der Waals surface area contributed by atoms with Crippen LogP contribution < -0.4 is 0 Å². The van der Waals surface area contributed by atoms with E-state index in [4.69, 9.17) is 0 Å². The van der Waals surface area contributed by atoms with Crippen LogP contribution in [0.2, 0.25) is 0 Å². The average Bonchev–Trinajstić information content (AvgIpc) is 1.95. The van der Waals surface area contributed by atoms with Gasteiger partial charge >= 0.3 is 0 Å². The molecular weight excluding hydrogens is 142 g/mol. The third-order valence-electron chi connectivity index (χ3n) is 2.15. The molecule has 0 aromatic heterocycles. The van der Waals surface area contributed by atoms with Crippen molar-refractivity contribution in [2.45, 2.75) is 19.4 Å². The molecule has 1 amide bonds. The monoisotopic (exact) mass is 153 g/mol. The Morgan fingerprint density at radius 1 is 1.27 bits per heavy atom. The molecular formula is C8H11NO2. The number of carbonyl (C=O) groups excluding carboxylic acids is 2. The average molecular weight is 153 g/mol. The zero-order valence-electron chi connectivity index (χ0n) is 6.92. The van der Waals surface area contributed by atoms with Crippen LogP contribution >= 0.6 is 0 Å². The first-order valence-corrected chi connectivity index (χ1v) is 3.46. The standard InChI is InChI=1S/C8H11NO2/c1-8(2)6(10)4-5-7(11)9(8)3/h4-5H,1-3H3. The molecule has 60 valence electrons. The first kappa shape index (κ1) is 7.98. The molecule has 0 saturated carbocycles. The van der Waals surface area contributed by atoms with E-state index >= 15 is 0 Å². The number of hydrogen-bond donors (Lipinski definition) is 0.